The molecule has 0 fully saturated rings. The lowest BCUT2D eigenvalue weighted by molar-refractivity contribution is 0.0976. The van der Waals surface area contributed by atoms with Gasteiger partial charge < -0.3 is 10.6 Å². The molecule has 0 saturated carbocycles. The molecule has 154 valence electrons. The van der Waals surface area contributed by atoms with Gasteiger partial charge in [-0.1, -0.05) is 29.3 Å². The van der Waals surface area contributed by atoms with Gasteiger partial charge in [-0.15, -0.1) is 24.8 Å². The van der Waals surface area contributed by atoms with Crippen LogP contribution >= 0.6 is 48.0 Å². The van der Waals surface area contributed by atoms with Crippen LogP contribution in [-0.4, -0.2) is 37.4 Å². The van der Waals surface area contributed by atoms with Crippen LogP contribution in [0.4, 0.5) is 0 Å². The first-order valence-corrected chi connectivity index (χ1v) is 8.91. The Morgan fingerprint density at radius 1 is 1.14 bits per heavy atom. The van der Waals surface area contributed by atoms with Gasteiger partial charge in [0.25, 0.3) is 5.91 Å². The van der Waals surface area contributed by atoms with Crippen molar-refractivity contribution in [3.63, 3.8) is 0 Å². The lowest BCUT2D eigenvalue weighted by Crippen LogP contribution is -2.35. The summed E-state index contributed by atoms with van der Waals surface area (Å²) in [5.41, 5.74) is 8.27. The minimum Gasteiger partial charge on any atom is -0.370 e. The number of nitrogens with two attached hydrogens (primary N) is 1. The summed E-state index contributed by atoms with van der Waals surface area (Å²) in [6.07, 6.45) is 1.76. The van der Waals surface area contributed by atoms with Gasteiger partial charge in [0.1, 0.15) is 0 Å². The number of amides is 1. The Hall–Kier alpha value is -1.50. The number of aryl methyl sites for hydroxylation is 1. The van der Waals surface area contributed by atoms with E-state index in [0.717, 1.165) is 36.1 Å². The Labute approximate surface area is 187 Å². The molecule has 4 N–H and O–H groups in total. The zero-order valence-electron chi connectivity index (χ0n) is 15.6. The maximum Gasteiger partial charge on any atom is 0.257 e. The molecule has 0 bridgehead atoms. The number of rotatable bonds is 6. The van der Waals surface area contributed by atoms with Gasteiger partial charge in [-0.2, -0.15) is 0 Å². The van der Waals surface area contributed by atoms with E-state index in [9.17, 15) is 4.79 Å². The number of hydrogen-bond acceptors (Lipinski definition) is 3. The third kappa shape index (κ3) is 7.86. The zero-order valence-corrected chi connectivity index (χ0v) is 18.7. The smallest absolute Gasteiger partial charge is 0.257 e. The average molecular weight is 466 g/mol. The number of benzene rings is 2. The Bertz CT molecular complexity index is 828. The zero-order chi connectivity index (χ0) is 19.3. The topological polar surface area (TPSA) is 82.2 Å². The maximum absolute atomic E-state index is 12.3. The fraction of sp³-hybridized carbons (Fsp3) is 0.263. The van der Waals surface area contributed by atoms with E-state index in [1.54, 1.807) is 24.3 Å². The summed E-state index contributed by atoms with van der Waals surface area (Å²) < 4.78 is 0. The summed E-state index contributed by atoms with van der Waals surface area (Å²) in [5, 5.41) is 10.7. The fourth-order valence-electron chi connectivity index (χ4n) is 2.64. The predicted molar refractivity (Wildman–Crippen MR) is 123 cm³/mol. The summed E-state index contributed by atoms with van der Waals surface area (Å²) in [6.45, 7) is 0.942. The van der Waals surface area contributed by atoms with Crippen LogP contribution in [0, 0.1) is 5.41 Å². The predicted octanol–water partition coefficient (Wildman–Crippen LogP) is 4.62. The Morgan fingerprint density at radius 3 is 2.43 bits per heavy atom. The third-order valence-electron chi connectivity index (χ3n) is 3.81. The molecule has 2 aromatic rings. The molecule has 0 atom stereocenters. The van der Waals surface area contributed by atoms with E-state index < -0.39 is 11.9 Å². The first kappa shape index (κ1) is 26.5. The van der Waals surface area contributed by atoms with Crippen molar-refractivity contribution in [2.24, 2.45) is 5.73 Å². The molecule has 2 rings (SSSR count). The Kier molecular flexibility index (Phi) is 11.5. The van der Waals surface area contributed by atoms with Gasteiger partial charge in [0.05, 0.1) is 0 Å². The maximum atomic E-state index is 12.3. The molecule has 9 heteroatoms. The fourth-order valence-corrected chi connectivity index (χ4v) is 3.03. The van der Waals surface area contributed by atoms with E-state index in [1.807, 2.05) is 26.2 Å². The molecular formula is C19H24Cl4N4O. The van der Waals surface area contributed by atoms with E-state index >= 15 is 0 Å². The molecule has 0 aliphatic heterocycles. The summed E-state index contributed by atoms with van der Waals surface area (Å²) in [5.74, 6) is -0.818. The van der Waals surface area contributed by atoms with Crippen molar-refractivity contribution in [2.75, 3.05) is 20.6 Å². The summed E-state index contributed by atoms with van der Waals surface area (Å²) in [4.78, 5) is 14.4. The lowest BCUT2D eigenvalue weighted by Gasteiger charge is -2.13. The van der Waals surface area contributed by atoms with Crippen LogP contribution in [0.3, 0.4) is 0 Å². The van der Waals surface area contributed by atoms with E-state index in [4.69, 9.17) is 34.3 Å². The molecule has 0 unspecified atom stereocenters. The summed E-state index contributed by atoms with van der Waals surface area (Å²) in [6, 6.07) is 10.8. The van der Waals surface area contributed by atoms with Crippen LogP contribution < -0.4 is 11.1 Å². The van der Waals surface area contributed by atoms with Crippen LogP contribution in [0.5, 0.6) is 0 Å². The molecule has 0 radical (unpaired) electrons. The van der Waals surface area contributed by atoms with Gasteiger partial charge in [0.2, 0.25) is 0 Å². The van der Waals surface area contributed by atoms with E-state index in [1.165, 1.54) is 0 Å². The number of nitrogens with zero attached hydrogens (tertiary/aromatic N) is 1. The highest BCUT2D eigenvalue weighted by Gasteiger charge is 2.13. The number of guanidine groups is 1. The normalized spacial score (nSPS) is 10.0. The second-order valence-corrected chi connectivity index (χ2v) is 7.16. The molecule has 28 heavy (non-hydrogen) atoms. The van der Waals surface area contributed by atoms with Crippen LogP contribution in [-0.2, 0) is 6.42 Å². The third-order valence-corrected chi connectivity index (χ3v) is 4.38. The Balaban J connectivity index is 0.00000364. The summed E-state index contributed by atoms with van der Waals surface area (Å²) >= 11 is 12.4. The van der Waals surface area contributed by atoms with Crippen molar-refractivity contribution in [1.82, 2.24) is 10.2 Å². The highest BCUT2D eigenvalue weighted by molar-refractivity contribution is 6.35. The van der Waals surface area contributed by atoms with Gasteiger partial charge in [-0.25, -0.2) is 0 Å². The van der Waals surface area contributed by atoms with Gasteiger partial charge in [-0.3, -0.25) is 15.5 Å². The number of carbonyl (C=O) groups excluding carboxylic acids is 1. The molecule has 0 aliphatic carbocycles. The quantitative estimate of drug-likeness (QED) is 0.429. The molecule has 0 spiro atoms. The second kappa shape index (κ2) is 12.1. The largest absolute Gasteiger partial charge is 0.370 e. The minimum atomic E-state index is -0.425. The molecular weight excluding hydrogens is 442 g/mol. The van der Waals surface area contributed by atoms with Crippen molar-refractivity contribution >= 4 is 59.9 Å². The number of nitrogens with one attached hydrogen (secondary N) is 2. The summed E-state index contributed by atoms with van der Waals surface area (Å²) in [7, 11) is 4.04. The van der Waals surface area contributed by atoms with Crippen LogP contribution in [0.15, 0.2) is 36.4 Å². The van der Waals surface area contributed by atoms with Gasteiger partial charge in [0, 0.05) is 21.2 Å². The molecule has 0 saturated heterocycles. The minimum absolute atomic E-state index is 0. The Morgan fingerprint density at radius 2 is 1.82 bits per heavy atom. The van der Waals surface area contributed by atoms with Gasteiger partial charge in [0.15, 0.2) is 5.96 Å². The van der Waals surface area contributed by atoms with Crippen molar-refractivity contribution in [1.29, 1.82) is 5.41 Å². The first-order chi connectivity index (χ1) is 12.3. The lowest BCUT2D eigenvalue weighted by atomic mass is 9.97. The second-order valence-electron chi connectivity index (χ2n) is 6.32. The highest BCUT2D eigenvalue weighted by Crippen LogP contribution is 2.32. The number of hydrogen-bond donors (Lipinski definition) is 3. The van der Waals surface area contributed by atoms with E-state index in [2.05, 4.69) is 10.2 Å². The molecule has 2 aromatic carbocycles. The molecule has 0 aromatic heterocycles. The highest BCUT2D eigenvalue weighted by atomic mass is 35.5. The van der Waals surface area contributed by atoms with Crippen molar-refractivity contribution < 1.29 is 4.79 Å². The van der Waals surface area contributed by atoms with Crippen molar-refractivity contribution in [3.05, 3.63) is 57.6 Å². The molecule has 0 aliphatic rings. The average Bonchev–Trinajstić information content (AvgIpc) is 2.56. The first-order valence-electron chi connectivity index (χ1n) is 8.16. The standard InChI is InChI=1S/C19H22Cl2N4O.2ClH/c1-25(2)7-3-4-12-8-13(16-11-15(20)5-6-17(16)21)10-14(9-12)18(26)24-19(22)23;;/h5-6,8-11H,3-4,7H2,1-2H3,(H4,22,23,24,26);2*1H. The number of carbonyl (C=O) groups is 1. The molecule has 0 heterocycles. The number of halogens is 4. The van der Waals surface area contributed by atoms with E-state index in [0.29, 0.717) is 15.6 Å². The monoisotopic (exact) mass is 464 g/mol. The van der Waals surface area contributed by atoms with Crippen LogP contribution in [0.25, 0.3) is 11.1 Å². The molecule has 5 nitrogen and oxygen atoms in total. The van der Waals surface area contributed by atoms with Gasteiger partial charge in [-0.05, 0) is 74.9 Å². The van der Waals surface area contributed by atoms with Crippen molar-refractivity contribution in [3.8, 4) is 11.1 Å². The molecule has 1 amide bonds. The van der Waals surface area contributed by atoms with Gasteiger partial charge >= 0.3 is 0 Å². The van der Waals surface area contributed by atoms with Crippen LogP contribution in [0.1, 0.15) is 22.3 Å². The van der Waals surface area contributed by atoms with Crippen LogP contribution in [0.2, 0.25) is 10.0 Å². The van der Waals surface area contributed by atoms with Crippen molar-refractivity contribution in [2.45, 2.75) is 12.8 Å². The SMILES string of the molecule is CN(C)CCCc1cc(C(=O)NC(=N)N)cc(-c2cc(Cl)ccc2Cl)c1.Cl.Cl. The van der Waals surface area contributed by atoms with E-state index in [-0.39, 0.29) is 24.8 Å².